The first kappa shape index (κ1) is 10.1. The van der Waals surface area contributed by atoms with Crippen molar-refractivity contribution in [2.75, 3.05) is 12.5 Å². The predicted molar refractivity (Wildman–Crippen MR) is 67.1 cm³/mol. The largest absolute Gasteiger partial charge is 0.292 e. The molecule has 1 aromatic heterocycles. The Morgan fingerprint density at radius 2 is 2.14 bits per heavy atom. The average molecular weight is 270 g/mol. The van der Waals surface area contributed by atoms with Crippen LogP contribution in [0.15, 0.2) is 29.6 Å². The van der Waals surface area contributed by atoms with Gasteiger partial charge in [0.1, 0.15) is 0 Å². The zero-order valence-corrected chi connectivity index (χ0v) is 10.4. The first-order chi connectivity index (χ1) is 6.81. The summed E-state index contributed by atoms with van der Waals surface area (Å²) in [6.07, 6.45) is 0. The van der Waals surface area contributed by atoms with Gasteiger partial charge in [-0.05, 0) is 29.4 Å². The lowest BCUT2D eigenvalue weighted by Gasteiger charge is -2.11. The molecular weight excluding hydrogens is 258 g/mol. The molecule has 0 radical (unpaired) electrons. The van der Waals surface area contributed by atoms with Gasteiger partial charge in [0.25, 0.3) is 0 Å². The van der Waals surface area contributed by atoms with Gasteiger partial charge in [-0.2, -0.15) is 0 Å². The Balaban J connectivity index is 2.33. The molecule has 0 saturated carbocycles. The summed E-state index contributed by atoms with van der Waals surface area (Å²) < 4.78 is 1.38. The third kappa shape index (κ3) is 2.00. The molecule has 0 bridgehead atoms. The number of hydrogen-bond donors (Lipinski definition) is 0. The maximum atomic E-state index is 3.45. The second kappa shape index (κ2) is 4.43. The Kier molecular flexibility index (Phi) is 3.21. The van der Waals surface area contributed by atoms with Gasteiger partial charge in [0.05, 0.1) is 5.45 Å². The Morgan fingerprint density at radius 3 is 2.93 bits per heavy atom. The Morgan fingerprint density at radius 1 is 1.36 bits per heavy atom. The molecule has 0 amide bonds. The molecule has 3 heteroatoms. The first-order valence-corrected chi connectivity index (χ1v) is 6.51. The van der Waals surface area contributed by atoms with E-state index in [1.54, 1.807) is 0 Å². The van der Waals surface area contributed by atoms with Gasteiger partial charge >= 0.3 is 0 Å². The highest BCUT2D eigenvalue weighted by atomic mass is 79.9. The Hall–Kier alpha value is -0.380. The molecule has 2 aromatic rings. The maximum Gasteiger partial charge on any atom is 0.0542 e. The second-order valence-corrected chi connectivity index (χ2v) is 4.80. The van der Waals surface area contributed by atoms with Crippen molar-refractivity contribution in [3.05, 3.63) is 35.2 Å². The summed E-state index contributed by atoms with van der Waals surface area (Å²) in [6.45, 7) is 1.01. The van der Waals surface area contributed by atoms with Crippen molar-refractivity contribution in [1.82, 2.24) is 4.90 Å². The summed E-state index contributed by atoms with van der Waals surface area (Å²) in [7, 11) is 2.11. The summed E-state index contributed by atoms with van der Waals surface area (Å²) >= 11 is 5.28. The quantitative estimate of drug-likeness (QED) is 0.607. The smallest absolute Gasteiger partial charge is 0.0542 e. The molecule has 0 unspecified atom stereocenters. The van der Waals surface area contributed by atoms with Crippen molar-refractivity contribution in [2.24, 2.45) is 0 Å². The summed E-state index contributed by atoms with van der Waals surface area (Å²) in [5.41, 5.74) is 2.34. The fourth-order valence-electron chi connectivity index (χ4n) is 1.49. The van der Waals surface area contributed by atoms with E-state index in [9.17, 15) is 0 Å². The molecule has 0 spiro atoms. The van der Waals surface area contributed by atoms with E-state index in [1.807, 2.05) is 11.3 Å². The molecule has 0 N–H and O–H groups in total. The minimum Gasteiger partial charge on any atom is -0.292 e. The van der Waals surface area contributed by atoms with E-state index in [0.717, 1.165) is 12.0 Å². The van der Waals surface area contributed by atoms with Crippen molar-refractivity contribution >= 4 is 37.4 Å². The van der Waals surface area contributed by atoms with Gasteiger partial charge in [0.15, 0.2) is 0 Å². The van der Waals surface area contributed by atoms with Crippen LogP contribution < -0.4 is 0 Å². The normalized spacial score (nSPS) is 11.4. The van der Waals surface area contributed by atoms with Crippen LogP contribution in [0.3, 0.4) is 0 Å². The van der Waals surface area contributed by atoms with Crippen molar-refractivity contribution in [3.8, 4) is 0 Å². The fraction of sp³-hybridized carbons (Fsp3) is 0.273. The van der Waals surface area contributed by atoms with Crippen molar-refractivity contribution in [1.29, 1.82) is 0 Å². The van der Waals surface area contributed by atoms with Crippen molar-refractivity contribution in [2.45, 2.75) is 6.54 Å². The van der Waals surface area contributed by atoms with Crippen LogP contribution in [-0.4, -0.2) is 17.4 Å². The second-order valence-electron chi connectivity index (χ2n) is 3.39. The van der Waals surface area contributed by atoms with Crippen molar-refractivity contribution in [3.63, 3.8) is 0 Å². The Bertz CT molecular complexity index is 424. The van der Waals surface area contributed by atoms with E-state index >= 15 is 0 Å². The molecule has 0 aliphatic heterocycles. The van der Waals surface area contributed by atoms with Crippen LogP contribution >= 0.6 is 27.3 Å². The molecule has 74 valence electrons. The summed E-state index contributed by atoms with van der Waals surface area (Å²) in [5.74, 6) is 0. The van der Waals surface area contributed by atoms with Gasteiger partial charge < -0.3 is 0 Å². The molecule has 2 rings (SSSR count). The van der Waals surface area contributed by atoms with Gasteiger partial charge in [-0.3, -0.25) is 4.90 Å². The Labute approximate surface area is 96.5 Å². The third-order valence-electron chi connectivity index (χ3n) is 2.21. The average Bonchev–Trinajstić information content (AvgIpc) is 2.62. The van der Waals surface area contributed by atoms with E-state index in [4.69, 9.17) is 0 Å². The lowest BCUT2D eigenvalue weighted by atomic mass is 10.2. The monoisotopic (exact) mass is 269 g/mol. The van der Waals surface area contributed by atoms with E-state index in [-0.39, 0.29) is 0 Å². The lowest BCUT2D eigenvalue weighted by Crippen LogP contribution is -2.14. The van der Waals surface area contributed by atoms with E-state index in [0.29, 0.717) is 0 Å². The summed E-state index contributed by atoms with van der Waals surface area (Å²) in [4.78, 5) is 2.24. The van der Waals surface area contributed by atoms with Crippen LogP contribution in [0.1, 0.15) is 5.56 Å². The number of alkyl halides is 1. The number of hydrogen-bond acceptors (Lipinski definition) is 2. The SMILES string of the molecule is CN(CBr)Cc1csc2ccccc12. The molecule has 0 aliphatic rings. The number of thiophene rings is 1. The van der Waals surface area contributed by atoms with Crippen LogP contribution in [0, 0.1) is 0 Å². The zero-order chi connectivity index (χ0) is 9.97. The fourth-order valence-corrected chi connectivity index (χ4v) is 2.62. The first-order valence-electron chi connectivity index (χ1n) is 4.51. The topological polar surface area (TPSA) is 3.24 Å². The standard InChI is InChI=1S/C11H12BrNS/c1-13(8-12)6-9-7-14-11-5-3-2-4-10(9)11/h2-5,7H,6,8H2,1H3. The van der Waals surface area contributed by atoms with Gasteiger partial charge in [-0.1, -0.05) is 34.1 Å². The highest BCUT2D eigenvalue weighted by Crippen LogP contribution is 2.26. The van der Waals surface area contributed by atoms with Crippen molar-refractivity contribution < 1.29 is 0 Å². The van der Waals surface area contributed by atoms with Crippen LogP contribution in [-0.2, 0) is 6.54 Å². The van der Waals surface area contributed by atoms with Crippen LogP contribution in [0.4, 0.5) is 0 Å². The van der Waals surface area contributed by atoms with E-state index in [1.165, 1.54) is 15.6 Å². The summed E-state index contributed by atoms with van der Waals surface area (Å²) in [6, 6.07) is 8.57. The number of benzene rings is 1. The van der Waals surface area contributed by atoms with Crippen LogP contribution in [0.5, 0.6) is 0 Å². The minimum atomic E-state index is 0.914. The molecule has 14 heavy (non-hydrogen) atoms. The van der Waals surface area contributed by atoms with Crippen LogP contribution in [0.25, 0.3) is 10.1 Å². The molecule has 1 nitrogen and oxygen atoms in total. The molecular formula is C11H12BrNS. The summed E-state index contributed by atoms with van der Waals surface area (Å²) in [5, 5.41) is 3.65. The highest BCUT2D eigenvalue weighted by molar-refractivity contribution is 9.09. The van der Waals surface area contributed by atoms with Gasteiger partial charge in [-0.15, -0.1) is 11.3 Å². The van der Waals surface area contributed by atoms with E-state index < -0.39 is 0 Å². The zero-order valence-electron chi connectivity index (χ0n) is 8.03. The number of nitrogens with zero attached hydrogens (tertiary/aromatic N) is 1. The third-order valence-corrected chi connectivity index (χ3v) is 4.07. The molecule has 0 saturated heterocycles. The molecule has 1 aromatic carbocycles. The molecule has 0 fully saturated rings. The highest BCUT2D eigenvalue weighted by Gasteiger charge is 2.04. The maximum absolute atomic E-state index is 3.45. The number of halogens is 1. The number of fused-ring (bicyclic) bond motifs is 1. The molecule has 0 atom stereocenters. The van der Waals surface area contributed by atoms with Gasteiger partial charge in [0, 0.05) is 11.2 Å². The van der Waals surface area contributed by atoms with Crippen LogP contribution in [0.2, 0.25) is 0 Å². The van der Waals surface area contributed by atoms with Gasteiger partial charge in [-0.25, -0.2) is 0 Å². The van der Waals surface area contributed by atoms with E-state index in [2.05, 4.69) is 57.5 Å². The number of rotatable bonds is 3. The molecule has 1 heterocycles. The molecule has 0 aliphatic carbocycles. The van der Waals surface area contributed by atoms with Gasteiger partial charge in [0.2, 0.25) is 0 Å². The lowest BCUT2D eigenvalue weighted by molar-refractivity contribution is 0.392. The minimum absolute atomic E-state index is 0.914. The predicted octanol–water partition coefficient (Wildman–Crippen LogP) is 3.69.